The molecule has 2 aromatic heterocycles. The van der Waals surface area contributed by atoms with Crippen molar-refractivity contribution in [3.8, 4) is 0 Å². The SMILES string of the molecule is O=C(O)c1ccc(Sc2nnc(N3CCN(c4nc(N5CCN(c6ccccc6)CC5)c5ccccc5n4)CC3)o2)cc1. The highest BCUT2D eigenvalue weighted by Gasteiger charge is 2.26. The maximum Gasteiger partial charge on any atom is 0.335 e. The lowest BCUT2D eigenvalue weighted by Crippen LogP contribution is -2.48. The Morgan fingerprint density at radius 1 is 0.698 bits per heavy atom. The highest BCUT2D eigenvalue weighted by molar-refractivity contribution is 7.99. The van der Waals surface area contributed by atoms with Crippen molar-refractivity contribution in [1.82, 2.24) is 20.2 Å². The molecule has 2 fully saturated rings. The van der Waals surface area contributed by atoms with Crippen molar-refractivity contribution in [3.63, 3.8) is 0 Å². The van der Waals surface area contributed by atoms with Gasteiger partial charge in [-0.05, 0) is 60.3 Å². The molecule has 0 saturated carbocycles. The zero-order valence-electron chi connectivity index (χ0n) is 23.4. The molecule has 5 aromatic rings. The minimum Gasteiger partial charge on any atom is -0.478 e. The fourth-order valence-electron chi connectivity index (χ4n) is 5.48. The molecular weight excluding hydrogens is 564 g/mol. The van der Waals surface area contributed by atoms with Crippen LogP contribution in [-0.2, 0) is 0 Å². The highest BCUT2D eigenvalue weighted by Crippen LogP contribution is 2.31. The second kappa shape index (κ2) is 11.8. The summed E-state index contributed by atoms with van der Waals surface area (Å²) in [5, 5.41) is 19.0. The number of anilines is 4. The largest absolute Gasteiger partial charge is 0.478 e. The zero-order valence-corrected chi connectivity index (χ0v) is 24.2. The van der Waals surface area contributed by atoms with Crippen molar-refractivity contribution in [3.05, 3.63) is 84.4 Å². The summed E-state index contributed by atoms with van der Waals surface area (Å²) in [6.45, 7) is 6.50. The predicted octanol–water partition coefficient (Wildman–Crippen LogP) is 4.52. The van der Waals surface area contributed by atoms with Gasteiger partial charge in [-0.25, -0.2) is 9.78 Å². The molecule has 3 aromatic carbocycles. The van der Waals surface area contributed by atoms with Crippen LogP contribution in [0, 0.1) is 0 Å². The zero-order chi connectivity index (χ0) is 29.2. The average molecular weight is 595 g/mol. The second-order valence-electron chi connectivity index (χ2n) is 10.4. The number of nitrogens with zero attached hydrogens (tertiary/aromatic N) is 8. The van der Waals surface area contributed by atoms with Crippen LogP contribution in [0.25, 0.3) is 10.9 Å². The molecule has 7 rings (SSSR count). The molecular formula is C31H30N8O3S. The third kappa shape index (κ3) is 5.78. The van der Waals surface area contributed by atoms with E-state index >= 15 is 0 Å². The van der Waals surface area contributed by atoms with Gasteiger partial charge < -0.3 is 29.1 Å². The Hall–Kier alpha value is -4.84. The average Bonchev–Trinajstić information content (AvgIpc) is 3.53. The normalized spacial score (nSPS) is 15.7. The van der Waals surface area contributed by atoms with Crippen LogP contribution < -0.4 is 19.6 Å². The lowest BCUT2D eigenvalue weighted by atomic mass is 10.2. The van der Waals surface area contributed by atoms with E-state index in [-0.39, 0.29) is 5.56 Å². The molecule has 1 N–H and O–H groups in total. The number of fused-ring (bicyclic) bond motifs is 1. The van der Waals surface area contributed by atoms with Gasteiger partial charge in [0.05, 0.1) is 11.1 Å². The summed E-state index contributed by atoms with van der Waals surface area (Å²) in [4.78, 5) is 31.1. The van der Waals surface area contributed by atoms with Gasteiger partial charge in [0, 0.05) is 68.3 Å². The molecule has 11 nitrogen and oxygen atoms in total. The van der Waals surface area contributed by atoms with Gasteiger partial charge in [0.15, 0.2) is 0 Å². The van der Waals surface area contributed by atoms with Gasteiger partial charge in [-0.1, -0.05) is 40.5 Å². The number of benzene rings is 3. The summed E-state index contributed by atoms with van der Waals surface area (Å²) in [6, 6.07) is 25.9. The summed E-state index contributed by atoms with van der Waals surface area (Å²) < 4.78 is 5.93. The van der Waals surface area contributed by atoms with Crippen LogP contribution in [0.4, 0.5) is 23.5 Å². The molecule has 2 aliphatic heterocycles. The summed E-state index contributed by atoms with van der Waals surface area (Å²) >= 11 is 1.31. The molecule has 4 heterocycles. The van der Waals surface area contributed by atoms with E-state index in [0.29, 0.717) is 24.3 Å². The quantitative estimate of drug-likeness (QED) is 0.286. The monoisotopic (exact) mass is 594 g/mol. The number of piperazine rings is 2. The van der Waals surface area contributed by atoms with E-state index in [1.807, 2.05) is 6.07 Å². The number of para-hydroxylation sites is 2. The molecule has 0 bridgehead atoms. The molecule has 218 valence electrons. The Morgan fingerprint density at radius 3 is 2.09 bits per heavy atom. The first kappa shape index (κ1) is 27.0. The molecule has 0 spiro atoms. The summed E-state index contributed by atoms with van der Waals surface area (Å²) in [6.07, 6.45) is 0. The number of hydrogen-bond donors (Lipinski definition) is 1. The van der Waals surface area contributed by atoms with Crippen LogP contribution in [0.1, 0.15) is 10.4 Å². The molecule has 0 unspecified atom stereocenters. The van der Waals surface area contributed by atoms with Crippen molar-refractivity contribution in [1.29, 1.82) is 0 Å². The Kier molecular flexibility index (Phi) is 7.42. The van der Waals surface area contributed by atoms with Gasteiger partial charge in [0.25, 0.3) is 5.22 Å². The maximum atomic E-state index is 11.1. The molecule has 2 aliphatic rings. The Bertz CT molecular complexity index is 1720. The minimum atomic E-state index is -0.956. The van der Waals surface area contributed by atoms with E-state index in [2.05, 4.69) is 78.3 Å². The van der Waals surface area contributed by atoms with E-state index in [9.17, 15) is 4.79 Å². The molecule has 0 aliphatic carbocycles. The lowest BCUT2D eigenvalue weighted by molar-refractivity contribution is 0.0697. The van der Waals surface area contributed by atoms with E-state index in [1.165, 1.54) is 17.4 Å². The van der Waals surface area contributed by atoms with Crippen molar-refractivity contribution in [2.24, 2.45) is 0 Å². The summed E-state index contributed by atoms with van der Waals surface area (Å²) in [7, 11) is 0. The van der Waals surface area contributed by atoms with Crippen LogP contribution in [0.3, 0.4) is 0 Å². The molecule has 2 saturated heterocycles. The Morgan fingerprint density at radius 2 is 1.35 bits per heavy atom. The van der Waals surface area contributed by atoms with E-state index in [0.717, 1.165) is 66.8 Å². The molecule has 0 radical (unpaired) electrons. The van der Waals surface area contributed by atoms with Crippen LogP contribution in [0.15, 0.2) is 93.4 Å². The smallest absolute Gasteiger partial charge is 0.335 e. The summed E-state index contributed by atoms with van der Waals surface area (Å²) in [5.41, 5.74) is 2.45. The fraction of sp³-hybridized carbons (Fsp3) is 0.258. The molecule has 0 atom stereocenters. The Labute approximate surface area is 252 Å². The number of aromatic carboxylic acids is 1. The number of carboxylic acids is 1. The van der Waals surface area contributed by atoms with E-state index < -0.39 is 5.97 Å². The Balaban J connectivity index is 1.02. The van der Waals surface area contributed by atoms with E-state index in [1.54, 1.807) is 24.3 Å². The lowest BCUT2D eigenvalue weighted by Gasteiger charge is -2.38. The van der Waals surface area contributed by atoms with Crippen molar-refractivity contribution < 1.29 is 14.3 Å². The van der Waals surface area contributed by atoms with Gasteiger partial charge in [-0.15, -0.1) is 0 Å². The number of rotatable bonds is 7. The van der Waals surface area contributed by atoms with Crippen LogP contribution in [-0.4, -0.2) is 83.6 Å². The predicted molar refractivity (Wildman–Crippen MR) is 167 cm³/mol. The number of aromatic nitrogens is 4. The first-order valence-corrected chi connectivity index (χ1v) is 15.1. The first-order chi connectivity index (χ1) is 21.1. The third-order valence-electron chi connectivity index (χ3n) is 7.81. The number of carboxylic acid groups (broad SMARTS) is 1. The minimum absolute atomic E-state index is 0.238. The molecule has 43 heavy (non-hydrogen) atoms. The van der Waals surface area contributed by atoms with Gasteiger partial charge in [-0.2, -0.15) is 4.98 Å². The summed E-state index contributed by atoms with van der Waals surface area (Å²) in [5.74, 6) is 0.777. The standard InChI is InChI=1S/C31H30N8O3S/c40-28(41)22-10-12-24(13-11-22)43-31-35-34-30(42-31)39-20-18-38(19-21-39)29-32-26-9-5-4-8-25(26)27(33-29)37-16-14-36(15-17-37)23-6-2-1-3-7-23/h1-13H,14-21H2,(H,40,41). The highest BCUT2D eigenvalue weighted by atomic mass is 32.2. The van der Waals surface area contributed by atoms with Gasteiger partial charge in [0.2, 0.25) is 5.95 Å². The van der Waals surface area contributed by atoms with Crippen LogP contribution in [0.2, 0.25) is 0 Å². The van der Waals surface area contributed by atoms with Gasteiger partial charge >= 0.3 is 12.0 Å². The van der Waals surface area contributed by atoms with Crippen molar-refractivity contribution in [2.75, 3.05) is 72.0 Å². The van der Waals surface area contributed by atoms with Crippen molar-refractivity contribution in [2.45, 2.75) is 10.1 Å². The topological polar surface area (TPSA) is 115 Å². The molecule has 12 heteroatoms. The van der Waals surface area contributed by atoms with E-state index in [4.69, 9.17) is 19.5 Å². The van der Waals surface area contributed by atoms with Gasteiger partial charge in [-0.3, -0.25) is 0 Å². The fourth-order valence-corrected chi connectivity index (χ4v) is 6.15. The number of hydrogen-bond acceptors (Lipinski definition) is 11. The van der Waals surface area contributed by atoms with Crippen LogP contribution in [0.5, 0.6) is 0 Å². The third-order valence-corrected chi connectivity index (χ3v) is 8.65. The second-order valence-corrected chi connectivity index (χ2v) is 11.5. The van der Waals surface area contributed by atoms with Gasteiger partial charge in [0.1, 0.15) is 5.82 Å². The maximum absolute atomic E-state index is 11.1. The number of carbonyl (C=O) groups is 1. The van der Waals surface area contributed by atoms with Crippen LogP contribution >= 0.6 is 11.8 Å². The first-order valence-electron chi connectivity index (χ1n) is 14.3. The van der Waals surface area contributed by atoms with Crippen molar-refractivity contribution >= 4 is 52.1 Å². The molecule has 0 amide bonds.